The second-order valence-corrected chi connectivity index (χ2v) is 3.63. The van der Waals surface area contributed by atoms with E-state index in [1.54, 1.807) is 0 Å². The molecule has 0 aliphatic heterocycles. The van der Waals surface area contributed by atoms with Crippen molar-refractivity contribution in [3.63, 3.8) is 0 Å². The maximum Gasteiger partial charge on any atom is 0.0696 e. The number of aliphatic hydroxyl groups excluding tert-OH is 1. The molecule has 2 rings (SSSR count). The van der Waals surface area contributed by atoms with Crippen molar-refractivity contribution in [3.8, 4) is 5.69 Å². The Morgan fingerprint density at radius 3 is 2.73 bits per heavy atom. The highest BCUT2D eigenvalue weighted by Gasteiger charge is 2.00. The van der Waals surface area contributed by atoms with Crippen molar-refractivity contribution in [1.29, 1.82) is 0 Å². The first-order valence-corrected chi connectivity index (χ1v) is 4.85. The molecule has 3 nitrogen and oxygen atoms in total. The number of nitrogens with two attached hydrogens (primary N) is 1. The lowest BCUT2D eigenvalue weighted by Crippen LogP contribution is -1.94. The Labute approximate surface area is 88.8 Å². The molecule has 0 aliphatic rings. The molecule has 78 valence electrons. The fourth-order valence-corrected chi connectivity index (χ4v) is 1.52. The SMILES string of the molecule is Cc1cc(-n2ccc(CO)c2)ccc1N. The molecule has 0 bridgehead atoms. The van der Waals surface area contributed by atoms with Crippen molar-refractivity contribution < 1.29 is 5.11 Å². The van der Waals surface area contributed by atoms with Crippen LogP contribution in [0.3, 0.4) is 0 Å². The third kappa shape index (κ3) is 1.87. The fraction of sp³-hybridized carbons (Fsp3) is 0.167. The molecule has 0 unspecified atom stereocenters. The Hall–Kier alpha value is -1.74. The van der Waals surface area contributed by atoms with E-state index in [1.807, 2.05) is 48.1 Å². The minimum atomic E-state index is 0.0704. The van der Waals surface area contributed by atoms with Crippen LogP contribution in [0.1, 0.15) is 11.1 Å². The molecular formula is C12H14N2O. The molecule has 0 aliphatic carbocycles. The predicted octanol–water partition coefficient (Wildman–Crippen LogP) is 1.86. The Kier molecular flexibility index (Phi) is 2.47. The number of nitrogens with zero attached hydrogens (tertiary/aromatic N) is 1. The third-order valence-corrected chi connectivity index (χ3v) is 2.49. The maximum absolute atomic E-state index is 8.96. The van der Waals surface area contributed by atoms with Crippen molar-refractivity contribution >= 4 is 5.69 Å². The van der Waals surface area contributed by atoms with E-state index in [0.717, 1.165) is 22.5 Å². The van der Waals surface area contributed by atoms with E-state index in [2.05, 4.69) is 0 Å². The maximum atomic E-state index is 8.96. The van der Waals surface area contributed by atoms with Crippen LogP contribution < -0.4 is 5.73 Å². The van der Waals surface area contributed by atoms with E-state index in [9.17, 15) is 0 Å². The van der Waals surface area contributed by atoms with E-state index in [-0.39, 0.29) is 6.61 Å². The lowest BCUT2D eigenvalue weighted by molar-refractivity contribution is 0.282. The molecule has 0 spiro atoms. The summed E-state index contributed by atoms with van der Waals surface area (Å²) < 4.78 is 1.97. The van der Waals surface area contributed by atoms with Gasteiger partial charge < -0.3 is 15.4 Å². The van der Waals surface area contributed by atoms with Crippen LogP contribution in [0.25, 0.3) is 5.69 Å². The largest absolute Gasteiger partial charge is 0.399 e. The molecule has 0 saturated heterocycles. The lowest BCUT2D eigenvalue weighted by Gasteiger charge is -2.05. The van der Waals surface area contributed by atoms with Crippen LogP contribution in [0.15, 0.2) is 36.7 Å². The Bertz CT molecular complexity index is 474. The van der Waals surface area contributed by atoms with Crippen LogP contribution in [-0.4, -0.2) is 9.67 Å². The van der Waals surface area contributed by atoms with Crippen LogP contribution in [0.4, 0.5) is 5.69 Å². The summed E-state index contributed by atoms with van der Waals surface area (Å²) >= 11 is 0. The zero-order valence-electron chi connectivity index (χ0n) is 8.64. The molecule has 0 saturated carbocycles. The first kappa shape index (κ1) is 9.80. The number of hydrogen-bond acceptors (Lipinski definition) is 2. The lowest BCUT2D eigenvalue weighted by atomic mass is 10.2. The van der Waals surface area contributed by atoms with E-state index in [4.69, 9.17) is 10.8 Å². The standard InChI is InChI=1S/C12H14N2O/c1-9-6-11(2-3-12(9)13)14-5-4-10(7-14)8-15/h2-7,15H,8,13H2,1H3. The van der Waals surface area contributed by atoms with Crippen molar-refractivity contribution in [2.45, 2.75) is 13.5 Å². The summed E-state index contributed by atoms with van der Waals surface area (Å²) in [5.74, 6) is 0. The minimum Gasteiger partial charge on any atom is -0.399 e. The summed E-state index contributed by atoms with van der Waals surface area (Å²) in [4.78, 5) is 0. The molecule has 1 heterocycles. The van der Waals surface area contributed by atoms with Gasteiger partial charge in [-0.25, -0.2) is 0 Å². The monoisotopic (exact) mass is 202 g/mol. The van der Waals surface area contributed by atoms with E-state index < -0.39 is 0 Å². The Morgan fingerprint density at radius 1 is 1.33 bits per heavy atom. The van der Waals surface area contributed by atoms with Crippen molar-refractivity contribution in [3.05, 3.63) is 47.8 Å². The molecular weight excluding hydrogens is 188 g/mol. The molecule has 15 heavy (non-hydrogen) atoms. The van der Waals surface area contributed by atoms with Gasteiger partial charge in [-0.1, -0.05) is 0 Å². The molecule has 2 aromatic rings. The summed E-state index contributed by atoms with van der Waals surface area (Å²) in [7, 11) is 0. The molecule has 1 aromatic carbocycles. The number of aromatic nitrogens is 1. The van der Waals surface area contributed by atoms with Gasteiger partial charge in [-0.3, -0.25) is 0 Å². The summed E-state index contributed by atoms with van der Waals surface area (Å²) in [6, 6.07) is 7.77. The summed E-state index contributed by atoms with van der Waals surface area (Å²) in [5, 5.41) is 8.96. The Morgan fingerprint density at radius 2 is 2.13 bits per heavy atom. The van der Waals surface area contributed by atoms with Gasteiger partial charge in [0.15, 0.2) is 0 Å². The van der Waals surface area contributed by atoms with Gasteiger partial charge >= 0.3 is 0 Å². The quantitative estimate of drug-likeness (QED) is 0.730. The average Bonchev–Trinajstić information content (AvgIpc) is 2.70. The molecule has 3 N–H and O–H groups in total. The van der Waals surface area contributed by atoms with Gasteiger partial charge in [-0.2, -0.15) is 0 Å². The fourth-order valence-electron chi connectivity index (χ4n) is 1.52. The van der Waals surface area contributed by atoms with Gasteiger partial charge in [0.05, 0.1) is 6.61 Å². The van der Waals surface area contributed by atoms with Gasteiger partial charge in [0.1, 0.15) is 0 Å². The van der Waals surface area contributed by atoms with Gasteiger partial charge in [0.25, 0.3) is 0 Å². The van der Waals surface area contributed by atoms with E-state index in [1.165, 1.54) is 0 Å². The van der Waals surface area contributed by atoms with Crippen LogP contribution in [0, 0.1) is 6.92 Å². The highest BCUT2D eigenvalue weighted by molar-refractivity contribution is 5.52. The van der Waals surface area contributed by atoms with E-state index >= 15 is 0 Å². The number of anilines is 1. The normalized spacial score (nSPS) is 10.5. The third-order valence-electron chi connectivity index (χ3n) is 2.49. The average molecular weight is 202 g/mol. The molecule has 0 atom stereocenters. The molecule has 1 aromatic heterocycles. The van der Waals surface area contributed by atoms with Crippen molar-refractivity contribution in [2.24, 2.45) is 0 Å². The van der Waals surface area contributed by atoms with Crippen molar-refractivity contribution in [2.75, 3.05) is 5.73 Å². The van der Waals surface area contributed by atoms with Gasteiger partial charge in [-0.15, -0.1) is 0 Å². The number of aliphatic hydroxyl groups is 1. The molecule has 0 amide bonds. The number of nitrogen functional groups attached to an aromatic ring is 1. The topological polar surface area (TPSA) is 51.2 Å². The van der Waals surface area contributed by atoms with Gasteiger partial charge in [0, 0.05) is 23.8 Å². The summed E-state index contributed by atoms with van der Waals surface area (Å²) in [5.41, 5.74) is 9.57. The Balaban J connectivity index is 2.40. The first-order valence-electron chi connectivity index (χ1n) is 4.85. The molecule has 0 fully saturated rings. The smallest absolute Gasteiger partial charge is 0.0696 e. The van der Waals surface area contributed by atoms with Crippen LogP contribution in [0.2, 0.25) is 0 Å². The summed E-state index contributed by atoms with van der Waals surface area (Å²) in [6.45, 7) is 2.05. The molecule has 3 heteroatoms. The number of benzene rings is 1. The summed E-state index contributed by atoms with van der Waals surface area (Å²) in [6.07, 6.45) is 3.83. The van der Waals surface area contributed by atoms with Gasteiger partial charge in [0.2, 0.25) is 0 Å². The number of rotatable bonds is 2. The second-order valence-electron chi connectivity index (χ2n) is 3.63. The molecule has 0 radical (unpaired) electrons. The van der Waals surface area contributed by atoms with Crippen LogP contribution in [-0.2, 0) is 6.61 Å². The predicted molar refractivity (Wildman–Crippen MR) is 60.8 cm³/mol. The number of hydrogen-bond donors (Lipinski definition) is 2. The first-order chi connectivity index (χ1) is 7.20. The minimum absolute atomic E-state index is 0.0704. The zero-order valence-corrected chi connectivity index (χ0v) is 8.64. The highest BCUT2D eigenvalue weighted by atomic mass is 16.3. The highest BCUT2D eigenvalue weighted by Crippen LogP contribution is 2.17. The number of aryl methyl sites for hydroxylation is 1. The van der Waals surface area contributed by atoms with Crippen molar-refractivity contribution in [1.82, 2.24) is 4.57 Å². The zero-order chi connectivity index (χ0) is 10.8. The van der Waals surface area contributed by atoms with E-state index in [0.29, 0.717) is 0 Å². The van der Waals surface area contributed by atoms with Gasteiger partial charge in [-0.05, 0) is 42.3 Å². The second kappa shape index (κ2) is 3.79. The van der Waals surface area contributed by atoms with Crippen LogP contribution >= 0.6 is 0 Å². The van der Waals surface area contributed by atoms with Crippen LogP contribution in [0.5, 0.6) is 0 Å².